The van der Waals surface area contributed by atoms with Gasteiger partial charge in [0.15, 0.2) is 0 Å². The van der Waals surface area contributed by atoms with Gasteiger partial charge in [0.2, 0.25) is 0 Å². The van der Waals surface area contributed by atoms with E-state index in [2.05, 4.69) is 203 Å². The van der Waals surface area contributed by atoms with E-state index in [1.807, 2.05) is 0 Å². The maximum atomic E-state index is 7.45. The van der Waals surface area contributed by atoms with E-state index in [4.69, 9.17) is 13.3 Å². The zero-order valence-corrected chi connectivity index (χ0v) is 42.3. The highest BCUT2D eigenvalue weighted by molar-refractivity contribution is 6.93. The fraction of sp³-hybridized carbons (Fsp3) is 0.242. The van der Waals surface area contributed by atoms with Gasteiger partial charge in [-0.05, 0) is 155 Å². The van der Waals surface area contributed by atoms with Crippen molar-refractivity contribution < 1.29 is 13.3 Å². The highest BCUT2D eigenvalue weighted by Crippen LogP contribution is 2.55. The molecule has 0 unspecified atom stereocenters. The summed E-state index contributed by atoms with van der Waals surface area (Å²) in [4.78, 5) is 5.06. The van der Waals surface area contributed by atoms with Crippen LogP contribution in [0.5, 0.6) is 0 Å². The van der Waals surface area contributed by atoms with Gasteiger partial charge in [-0.1, -0.05) is 133 Å². The number of benzene rings is 8. The Hall–Kier alpha value is -7.44. The Morgan fingerprint density at radius 2 is 1.14 bits per heavy atom. The van der Waals surface area contributed by atoms with Crippen LogP contribution in [0, 0.1) is 0 Å². The highest BCUT2D eigenvalue weighted by Gasteiger charge is 2.50. The number of fused-ring (bicyclic) bond motifs is 14. The molecule has 3 aromatic heterocycles. The Labute approximate surface area is 422 Å². The van der Waals surface area contributed by atoms with Gasteiger partial charge < -0.3 is 23.0 Å². The number of hydrogen-bond donors (Lipinski definition) is 0. The lowest BCUT2D eigenvalue weighted by Crippen LogP contribution is -2.61. The van der Waals surface area contributed by atoms with Crippen LogP contribution in [-0.2, 0) is 23.7 Å². The molecule has 354 valence electrons. The molecule has 0 spiro atoms. The smallest absolute Gasteiger partial charge is 0.376 e. The van der Waals surface area contributed by atoms with Crippen LogP contribution in [0.1, 0.15) is 102 Å². The molecule has 0 radical (unpaired) electrons. The number of hydrogen-bond acceptors (Lipinski definition) is 5. The van der Waals surface area contributed by atoms with E-state index < -0.39 is 0 Å². The number of aryl methyl sites for hydroxylation is 2. The summed E-state index contributed by atoms with van der Waals surface area (Å²) in [5.41, 5.74) is 22.2. The van der Waals surface area contributed by atoms with E-state index in [1.54, 1.807) is 0 Å². The fourth-order valence-electron chi connectivity index (χ4n) is 12.8. The predicted molar refractivity (Wildman–Crippen MR) is 302 cm³/mol. The molecule has 14 rings (SSSR count). The number of unbranched alkanes of at least 4 members (excludes halogenated alkanes) is 2. The third-order valence-electron chi connectivity index (χ3n) is 16.9. The minimum Gasteiger partial charge on any atom is -0.466 e. The molecule has 0 saturated carbocycles. The van der Waals surface area contributed by atoms with Crippen molar-refractivity contribution in [2.45, 2.75) is 104 Å². The lowest BCUT2D eigenvalue weighted by molar-refractivity contribution is 0.332. The Bertz CT molecular complexity index is 3970. The molecule has 0 N–H and O–H groups in total. The standard InChI is InChI=1S/C66H59BN2O3/c1-7-9-16-40-22-27-44(28-23-40)68-55-37-49-46-20-14-15-21-56(46)71-63(49)60-50-35-47-48-36-52-53(66(5,6)33-32-65(52,3)4)38-58(48)70-59(47)39-54(50)69(45-29-25-43(26-30-45)42-18-12-11-13-19-42)67(61(55)60)64-62(68)51-34-41(17-10-8-2)24-31-57(51)72-64/h11-15,18-31,34-39H,7-10,16-17,32-33H2,1-6H3. The predicted octanol–water partition coefficient (Wildman–Crippen LogP) is 17.6. The largest absolute Gasteiger partial charge is 0.466 e. The first-order valence-electron chi connectivity index (χ1n) is 26.5. The zero-order chi connectivity index (χ0) is 48.6. The molecular formula is C66H59BN2O3. The van der Waals surface area contributed by atoms with Gasteiger partial charge in [-0.15, -0.1) is 0 Å². The second-order valence-corrected chi connectivity index (χ2v) is 22.3. The molecule has 1 aliphatic carbocycles. The Kier molecular flexibility index (Phi) is 9.66. The molecule has 2 aliphatic heterocycles. The van der Waals surface area contributed by atoms with E-state index in [0.717, 1.165) is 145 Å². The lowest BCUT2D eigenvalue weighted by Gasteiger charge is -2.43. The van der Waals surface area contributed by atoms with E-state index in [0.29, 0.717) is 0 Å². The second-order valence-electron chi connectivity index (χ2n) is 22.3. The quantitative estimate of drug-likeness (QED) is 0.135. The molecule has 3 aliphatic rings. The molecule has 72 heavy (non-hydrogen) atoms. The third-order valence-corrected chi connectivity index (χ3v) is 16.9. The van der Waals surface area contributed by atoms with E-state index in [-0.39, 0.29) is 17.7 Å². The number of nitrogens with zero attached hydrogens (tertiary/aromatic N) is 2. The van der Waals surface area contributed by atoms with Crippen LogP contribution < -0.4 is 20.8 Å². The Morgan fingerprint density at radius 3 is 1.90 bits per heavy atom. The number of rotatable bonds is 9. The molecule has 5 nitrogen and oxygen atoms in total. The normalized spacial score (nSPS) is 15.4. The SMILES string of the molecule is CCCCc1ccc(N2c3cc4c(oc5ccccc54)c4c3B(c3oc5ccc(CCCC)cc5c32)N(c2ccc(-c3ccccc3)cc2)c2cc3oc5cc6c(cc5c3cc2-4)C(C)(C)CCC6(C)C)cc1. The van der Waals surface area contributed by atoms with Crippen LogP contribution >= 0.6 is 0 Å². The van der Waals surface area contributed by atoms with Gasteiger partial charge >= 0.3 is 6.85 Å². The molecule has 0 atom stereocenters. The Morgan fingerprint density at radius 1 is 0.500 bits per heavy atom. The topological polar surface area (TPSA) is 45.9 Å². The maximum Gasteiger partial charge on any atom is 0.376 e. The van der Waals surface area contributed by atoms with Crippen LogP contribution in [0.15, 0.2) is 165 Å². The van der Waals surface area contributed by atoms with Crippen molar-refractivity contribution >= 4 is 101 Å². The Balaban J connectivity index is 1.11. The second kappa shape index (κ2) is 16.0. The van der Waals surface area contributed by atoms with Gasteiger partial charge in [0.05, 0.1) is 5.69 Å². The first kappa shape index (κ1) is 43.4. The molecule has 0 fully saturated rings. The number of furan rings is 3. The minimum atomic E-state index is -0.361. The van der Waals surface area contributed by atoms with Crippen molar-refractivity contribution in [3.8, 4) is 22.3 Å². The summed E-state index contributed by atoms with van der Waals surface area (Å²) in [6.45, 7) is 13.8. The summed E-state index contributed by atoms with van der Waals surface area (Å²) >= 11 is 0. The van der Waals surface area contributed by atoms with Gasteiger partial charge in [-0.2, -0.15) is 0 Å². The van der Waals surface area contributed by atoms with Crippen LogP contribution in [0.25, 0.3) is 77.1 Å². The highest BCUT2D eigenvalue weighted by atomic mass is 16.3. The minimum absolute atomic E-state index is 0.0461. The van der Waals surface area contributed by atoms with Crippen LogP contribution in [-0.4, -0.2) is 6.85 Å². The first-order chi connectivity index (χ1) is 35.1. The summed E-state index contributed by atoms with van der Waals surface area (Å²) in [5, 5.41) is 5.61. The lowest BCUT2D eigenvalue weighted by atomic mass is 9.45. The number of para-hydroxylation sites is 1. The number of anilines is 5. The summed E-state index contributed by atoms with van der Waals surface area (Å²) in [6, 6.07) is 56.6. The van der Waals surface area contributed by atoms with E-state index in [9.17, 15) is 0 Å². The summed E-state index contributed by atoms with van der Waals surface area (Å²) < 4.78 is 21.8. The van der Waals surface area contributed by atoms with E-state index in [1.165, 1.54) is 45.3 Å². The van der Waals surface area contributed by atoms with Gasteiger partial charge in [0.1, 0.15) is 33.6 Å². The molecule has 5 heterocycles. The van der Waals surface area contributed by atoms with Gasteiger partial charge in [0.25, 0.3) is 0 Å². The molecule has 0 bridgehead atoms. The summed E-state index contributed by atoms with van der Waals surface area (Å²) in [7, 11) is 0. The maximum absolute atomic E-state index is 7.45. The third kappa shape index (κ3) is 6.46. The van der Waals surface area contributed by atoms with Gasteiger partial charge in [0, 0.05) is 66.9 Å². The molecule has 0 amide bonds. The van der Waals surface area contributed by atoms with Gasteiger partial charge in [-0.3, -0.25) is 0 Å². The fourth-order valence-corrected chi connectivity index (χ4v) is 12.8. The van der Waals surface area contributed by atoms with Crippen molar-refractivity contribution in [2.75, 3.05) is 9.71 Å². The van der Waals surface area contributed by atoms with Crippen molar-refractivity contribution in [3.05, 3.63) is 174 Å². The van der Waals surface area contributed by atoms with Crippen LogP contribution in [0.3, 0.4) is 0 Å². The average molecular weight is 939 g/mol. The molecule has 11 aromatic rings. The summed E-state index contributed by atoms with van der Waals surface area (Å²) in [6.07, 6.45) is 8.96. The molecule has 6 heteroatoms. The van der Waals surface area contributed by atoms with Crippen LogP contribution in [0.2, 0.25) is 0 Å². The van der Waals surface area contributed by atoms with Crippen molar-refractivity contribution in [1.29, 1.82) is 0 Å². The molecule has 8 aromatic carbocycles. The van der Waals surface area contributed by atoms with Crippen molar-refractivity contribution in [3.63, 3.8) is 0 Å². The first-order valence-corrected chi connectivity index (χ1v) is 26.5. The van der Waals surface area contributed by atoms with Gasteiger partial charge in [-0.25, -0.2) is 0 Å². The zero-order valence-electron chi connectivity index (χ0n) is 42.3. The van der Waals surface area contributed by atoms with Crippen LogP contribution in [0.4, 0.5) is 28.4 Å². The van der Waals surface area contributed by atoms with E-state index >= 15 is 0 Å². The molecule has 0 saturated heterocycles. The van der Waals surface area contributed by atoms with Crippen molar-refractivity contribution in [2.24, 2.45) is 0 Å². The van der Waals surface area contributed by atoms with Crippen molar-refractivity contribution in [1.82, 2.24) is 0 Å². The molecular weight excluding hydrogens is 880 g/mol. The monoisotopic (exact) mass is 938 g/mol. The summed E-state index contributed by atoms with van der Waals surface area (Å²) in [5.74, 6) is 0. The average Bonchev–Trinajstić information content (AvgIpc) is 4.09.